The van der Waals surface area contributed by atoms with Crippen LogP contribution < -0.4 is 20.3 Å². The van der Waals surface area contributed by atoms with Crippen LogP contribution in [0.1, 0.15) is 36.8 Å². The van der Waals surface area contributed by atoms with Crippen LogP contribution in [0.5, 0.6) is 11.5 Å². The molecule has 0 spiro atoms. The Labute approximate surface area is 282 Å². The first-order chi connectivity index (χ1) is 23.7. The van der Waals surface area contributed by atoms with Crippen LogP contribution in [0.15, 0.2) is 90.0 Å². The average molecular weight is 670 g/mol. The van der Waals surface area contributed by atoms with E-state index < -0.39 is 29.6 Å². The van der Waals surface area contributed by atoms with Crippen molar-refractivity contribution in [1.82, 2.24) is 19.5 Å². The average Bonchev–Trinajstić information content (AvgIpc) is 3.57. The van der Waals surface area contributed by atoms with Gasteiger partial charge < -0.3 is 28.8 Å². The summed E-state index contributed by atoms with van der Waals surface area (Å²) in [7, 11) is 3.22. The number of aliphatic hydroxyl groups is 1. The van der Waals surface area contributed by atoms with E-state index in [1.807, 2.05) is 78.9 Å². The number of H-pyrrole nitrogens is 1. The number of benzene rings is 3. The number of rotatable bonds is 12. The van der Waals surface area contributed by atoms with E-state index in [2.05, 4.69) is 20.3 Å². The molecule has 0 aliphatic carbocycles. The number of aliphatic hydroxyl groups excluding tert-OH is 1. The number of aromatic nitrogens is 4. The topological polar surface area (TPSA) is 159 Å². The van der Waals surface area contributed by atoms with Crippen LogP contribution in [-0.4, -0.2) is 76.8 Å². The molecule has 1 saturated heterocycles. The number of amides is 1. The Morgan fingerprint density at radius 3 is 2.20 bits per heavy atom. The Morgan fingerprint density at radius 2 is 1.63 bits per heavy atom. The van der Waals surface area contributed by atoms with Crippen molar-refractivity contribution >= 4 is 23.0 Å². The molecule has 3 aromatic carbocycles. The van der Waals surface area contributed by atoms with Gasteiger partial charge in [-0.3, -0.25) is 24.5 Å². The second kappa shape index (κ2) is 14.2. The number of hydrogen-bond donors (Lipinski definition) is 3. The molecular weight excluding hydrogens is 630 g/mol. The summed E-state index contributed by atoms with van der Waals surface area (Å²) >= 11 is 0. The first-order valence-electron chi connectivity index (χ1n) is 15.8. The summed E-state index contributed by atoms with van der Waals surface area (Å²) in [4.78, 5) is 36.5. The van der Waals surface area contributed by atoms with E-state index in [0.717, 1.165) is 16.7 Å². The van der Waals surface area contributed by atoms with Crippen LogP contribution in [0.3, 0.4) is 0 Å². The molecule has 0 radical (unpaired) electrons. The summed E-state index contributed by atoms with van der Waals surface area (Å²) in [5, 5.41) is 13.5. The Morgan fingerprint density at radius 1 is 1.02 bits per heavy atom. The molecule has 5 aromatic rings. The molecule has 1 aliphatic rings. The number of nitrogens with zero attached hydrogens (tertiary/aromatic N) is 3. The summed E-state index contributed by atoms with van der Waals surface area (Å²) in [6, 6.07) is 25.0. The van der Waals surface area contributed by atoms with Gasteiger partial charge in [0.05, 0.1) is 47.0 Å². The number of imidazole rings is 1. The van der Waals surface area contributed by atoms with Crippen molar-refractivity contribution in [3.05, 3.63) is 112 Å². The van der Waals surface area contributed by atoms with E-state index in [1.54, 1.807) is 32.6 Å². The fourth-order valence-electron chi connectivity index (χ4n) is 5.81. The van der Waals surface area contributed by atoms with E-state index in [0.29, 0.717) is 11.5 Å². The zero-order chi connectivity index (χ0) is 34.6. The van der Waals surface area contributed by atoms with E-state index in [4.69, 9.17) is 23.7 Å². The normalized spacial score (nSPS) is 18.0. The Hall–Kier alpha value is -5.08. The minimum absolute atomic E-state index is 0.0157. The Kier molecular flexibility index (Phi) is 9.79. The highest BCUT2D eigenvalue weighted by atomic mass is 16.6. The summed E-state index contributed by atoms with van der Waals surface area (Å²) < 4.78 is 32.1. The number of hydrogen-bond acceptors (Lipinski definition) is 10. The fourth-order valence-corrected chi connectivity index (χ4v) is 5.81. The highest BCUT2D eigenvalue weighted by Gasteiger charge is 2.45. The van der Waals surface area contributed by atoms with Gasteiger partial charge in [-0.1, -0.05) is 68.4 Å². The minimum Gasteiger partial charge on any atom is -0.497 e. The zero-order valence-electron chi connectivity index (χ0n) is 27.7. The smallest absolute Gasteiger partial charge is 0.280 e. The van der Waals surface area contributed by atoms with Crippen LogP contribution in [-0.2, 0) is 24.6 Å². The van der Waals surface area contributed by atoms with Gasteiger partial charge in [0.1, 0.15) is 22.7 Å². The number of nitrogens with one attached hydrogen (secondary N) is 2. The molecular formula is C36H39N5O8. The predicted octanol–water partition coefficient (Wildman–Crippen LogP) is 4.02. The first-order valence-corrected chi connectivity index (χ1v) is 15.8. The molecule has 3 N–H and O–H groups in total. The molecule has 1 fully saturated rings. The quantitative estimate of drug-likeness (QED) is 0.166. The lowest BCUT2D eigenvalue weighted by Crippen LogP contribution is -2.53. The molecule has 1 amide bonds. The Bertz CT molecular complexity index is 1900. The Balaban J connectivity index is 1.38. The molecule has 1 aliphatic heterocycles. The van der Waals surface area contributed by atoms with Gasteiger partial charge in [0.2, 0.25) is 11.9 Å². The maximum Gasteiger partial charge on any atom is 0.280 e. The van der Waals surface area contributed by atoms with E-state index in [-0.39, 0.29) is 48.8 Å². The lowest BCUT2D eigenvalue weighted by molar-refractivity contribution is -0.259. The van der Waals surface area contributed by atoms with E-state index >= 15 is 0 Å². The maximum absolute atomic E-state index is 12.9. The summed E-state index contributed by atoms with van der Waals surface area (Å²) in [5.74, 6) is 0.720. The van der Waals surface area contributed by atoms with Crippen molar-refractivity contribution < 1.29 is 33.6 Å². The molecule has 2 aromatic heterocycles. The van der Waals surface area contributed by atoms with Crippen LogP contribution in [0.2, 0.25) is 0 Å². The molecule has 13 heteroatoms. The van der Waals surface area contributed by atoms with Gasteiger partial charge >= 0.3 is 0 Å². The van der Waals surface area contributed by atoms with Crippen molar-refractivity contribution in [2.45, 2.75) is 31.3 Å². The van der Waals surface area contributed by atoms with Crippen LogP contribution >= 0.6 is 0 Å². The van der Waals surface area contributed by atoms with Gasteiger partial charge in [0.15, 0.2) is 17.4 Å². The highest BCUT2D eigenvalue weighted by Crippen LogP contribution is 2.43. The van der Waals surface area contributed by atoms with Gasteiger partial charge in [-0.05, 0) is 41.0 Å². The third-order valence-electron chi connectivity index (χ3n) is 8.53. The molecule has 13 nitrogen and oxygen atoms in total. The SMILES string of the molecule is COc1ccc(C(OC[C@]2(CO)COC[C@H](n3cnc4c(=O)[nH]c(NC(=O)C(C)C)nc43)O2)(c2ccccc2)c2ccc(OC)cc2)cc1. The summed E-state index contributed by atoms with van der Waals surface area (Å²) in [6.07, 6.45) is 0.581. The van der Waals surface area contributed by atoms with Gasteiger partial charge in [-0.15, -0.1) is 0 Å². The van der Waals surface area contributed by atoms with Gasteiger partial charge in [-0.2, -0.15) is 4.98 Å². The number of carbonyl (C=O) groups excluding carboxylic acids is 1. The number of aromatic amines is 1. The van der Waals surface area contributed by atoms with Gasteiger partial charge in [0, 0.05) is 5.92 Å². The molecule has 0 saturated carbocycles. The second-order valence-corrected chi connectivity index (χ2v) is 12.1. The van der Waals surface area contributed by atoms with Crippen molar-refractivity contribution in [2.75, 3.05) is 46.0 Å². The number of methoxy groups -OCH3 is 2. The van der Waals surface area contributed by atoms with E-state index in [1.165, 1.54) is 6.33 Å². The van der Waals surface area contributed by atoms with Crippen LogP contribution in [0, 0.1) is 5.92 Å². The lowest BCUT2D eigenvalue weighted by Gasteiger charge is -2.43. The summed E-state index contributed by atoms with van der Waals surface area (Å²) in [6.45, 7) is 3.01. The van der Waals surface area contributed by atoms with E-state index in [9.17, 15) is 14.7 Å². The predicted molar refractivity (Wildman–Crippen MR) is 181 cm³/mol. The molecule has 6 rings (SSSR count). The van der Waals surface area contributed by atoms with Gasteiger partial charge in [-0.25, -0.2) is 4.98 Å². The van der Waals surface area contributed by atoms with Crippen LogP contribution in [0.25, 0.3) is 11.2 Å². The monoisotopic (exact) mass is 669 g/mol. The van der Waals surface area contributed by atoms with Gasteiger partial charge in [0.25, 0.3) is 5.56 Å². The van der Waals surface area contributed by atoms with Crippen molar-refractivity contribution in [1.29, 1.82) is 0 Å². The molecule has 3 heterocycles. The molecule has 0 unspecified atom stereocenters. The molecule has 2 atom stereocenters. The minimum atomic E-state index is -1.34. The van der Waals surface area contributed by atoms with Crippen LogP contribution in [0.4, 0.5) is 5.95 Å². The van der Waals surface area contributed by atoms with Crippen molar-refractivity contribution in [3.63, 3.8) is 0 Å². The number of anilines is 1. The largest absolute Gasteiger partial charge is 0.497 e. The standard InChI is InChI=1S/C36H39N5O8/c1-23(2)32(43)39-34-38-31-30(33(44)40-34)37-22-41(31)29-18-47-20-35(19-42,49-29)21-48-36(24-8-6-5-7-9-24,25-10-14-27(45-3)15-11-25)26-12-16-28(46-4)17-13-26/h5-17,22-23,29,42H,18-21H2,1-4H3,(H2,38,39,40,43,44)/t29-,35+/m1/s1. The summed E-state index contributed by atoms with van der Waals surface area (Å²) in [5.41, 5.74) is -0.329. The number of ether oxygens (including phenoxy) is 5. The lowest BCUT2D eigenvalue weighted by atomic mass is 9.79. The third kappa shape index (κ3) is 6.65. The maximum atomic E-state index is 12.9. The fraction of sp³-hybridized carbons (Fsp3) is 0.333. The van der Waals surface area contributed by atoms with Crippen molar-refractivity contribution in [2.24, 2.45) is 5.92 Å². The first kappa shape index (κ1) is 33.8. The highest BCUT2D eigenvalue weighted by molar-refractivity contribution is 5.91. The second-order valence-electron chi connectivity index (χ2n) is 12.1. The van der Waals surface area contributed by atoms with Crippen molar-refractivity contribution in [3.8, 4) is 11.5 Å². The zero-order valence-corrected chi connectivity index (χ0v) is 27.7. The number of carbonyl (C=O) groups is 1. The molecule has 256 valence electrons. The molecule has 49 heavy (non-hydrogen) atoms. The number of fused-ring (bicyclic) bond motifs is 1. The third-order valence-corrected chi connectivity index (χ3v) is 8.53. The molecule has 0 bridgehead atoms.